The summed E-state index contributed by atoms with van der Waals surface area (Å²) in [6.07, 6.45) is 0.132. The third-order valence-corrected chi connectivity index (χ3v) is 3.94. The van der Waals surface area contributed by atoms with E-state index in [1.165, 1.54) is 0 Å². The maximum atomic E-state index is 12.0. The summed E-state index contributed by atoms with van der Waals surface area (Å²) in [5.41, 5.74) is 0.619. The third kappa shape index (κ3) is 5.56. The van der Waals surface area contributed by atoms with Crippen molar-refractivity contribution in [2.24, 2.45) is 0 Å². The maximum absolute atomic E-state index is 12.0. The topological polar surface area (TPSA) is 53.6 Å². The minimum absolute atomic E-state index is 0.0921. The number of anilines is 1. The van der Waals surface area contributed by atoms with Gasteiger partial charge in [-0.1, -0.05) is 27.5 Å². The van der Waals surface area contributed by atoms with Crippen LogP contribution in [0.2, 0.25) is 5.02 Å². The number of hydrogen-bond acceptors (Lipinski definition) is 4. The number of benzene rings is 1. The molecule has 1 aromatic carbocycles. The average Bonchev–Trinajstić information content (AvgIpc) is 2.43. The van der Waals surface area contributed by atoms with Crippen molar-refractivity contribution >= 4 is 39.1 Å². The molecule has 0 bridgehead atoms. The van der Waals surface area contributed by atoms with E-state index in [1.807, 2.05) is 18.0 Å². The zero-order valence-corrected chi connectivity index (χ0v) is 14.2. The Hall–Kier alpha value is -0.660. The number of halogens is 2. The Balaban J connectivity index is 1.80. The number of likely N-dealkylation sites (N-methyl/N-ethyl adjacent to an activating group) is 1. The Morgan fingerprint density at radius 2 is 2.43 bits per heavy atom. The van der Waals surface area contributed by atoms with E-state index in [2.05, 4.69) is 26.6 Å². The fourth-order valence-corrected chi connectivity index (χ4v) is 2.90. The second-order valence-corrected chi connectivity index (χ2v) is 6.39. The summed E-state index contributed by atoms with van der Waals surface area (Å²) in [7, 11) is 1.90. The van der Waals surface area contributed by atoms with E-state index < -0.39 is 0 Å². The SMILES string of the molecule is CN(CC(=O)Nc1ccc(Br)cc1Cl)CC1CNCCO1. The molecule has 1 fully saturated rings. The molecule has 0 saturated carbocycles. The van der Waals surface area contributed by atoms with Gasteiger partial charge in [0.15, 0.2) is 0 Å². The maximum Gasteiger partial charge on any atom is 0.238 e. The summed E-state index contributed by atoms with van der Waals surface area (Å²) < 4.78 is 6.50. The lowest BCUT2D eigenvalue weighted by Crippen LogP contribution is -2.45. The number of hydrogen-bond donors (Lipinski definition) is 2. The number of ether oxygens (including phenoxy) is 1. The van der Waals surface area contributed by atoms with Crippen molar-refractivity contribution in [1.82, 2.24) is 10.2 Å². The molecule has 1 aliphatic heterocycles. The first-order chi connectivity index (χ1) is 10.0. The first-order valence-electron chi connectivity index (χ1n) is 6.80. The summed E-state index contributed by atoms with van der Waals surface area (Å²) in [6, 6.07) is 5.37. The molecule has 0 aliphatic carbocycles. The number of morpholine rings is 1. The van der Waals surface area contributed by atoms with Gasteiger partial charge in [-0.25, -0.2) is 0 Å². The molecule has 21 heavy (non-hydrogen) atoms. The van der Waals surface area contributed by atoms with Crippen molar-refractivity contribution < 1.29 is 9.53 Å². The Kier molecular flexibility index (Phi) is 6.44. The molecule has 1 aliphatic rings. The molecule has 0 spiro atoms. The monoisotopic (exact) mass is 375 g/mol. The molecule has 116 valence electrons. The summed E-state index contributed by atoms with van der Waals surface area (Å²) >= 11 is 9.41. The van der Waals surface area contributed by atoms with E-state index in [1.54, 1.807) is 12.1 Å². The van der Waals surface area contributed by atoms with Gasteiger partial charge >= 0.3 is 0 Å². The normalized spacial score (nSPS) is 18.8. The summed E-state index contributed by atoms with van der Waals surface area (Å²) in [4.78, 5) is 14.0. The summed E-state index contributed by atoms with van der Waals surface area (Å²) in [6.45, 7) is 3.45. The number of nitrogens with zero attached hydrogens (tertiary/aromatic N) is 1. The Morgan fingerprint density at radius 1 is 1.62 bits per heavy atom. The van der Waals surface area contributed by atoms with Crippen molar-refractivity contribution in [3.63, 3.8) is 0 Å². The van der Waals surface area contributed by atoms with Crippen LogP contribution in [0.25, 0.3) is 0 Å². The van der Waals surface area contributed by atoms with Crippen LogP contribution in [-0.2, 0) is 9.53 Å². The van der Waals surface area contributed by atoms with E-state index in [4.69, 9.17) is 16.3 Å². The molecular weight excluding hydrogens is 358 g/mol. The molecule has 1 aromatic rings. The van der Waals surface area contributed by atoms with E-state index in [0.717, 1.165) is 24.2 Å². The summed E-state index contributed by atoms with van der Waals surface area (Å²) in [5.74, 6) is -0.0921. The van der Waals surface area contributed by atoms with Crippen LogP contribution >= 0.6 is 27.5 Å². The van der Waals surface area contributed by atoms with Crippen molar-refractivity contribution in [3.8, 4) is 0 Å². The smallest absolute Gasteiger partial charge is 0.238 e. The van der Waals surface area contributed by atoms with Gasteiger partial charge in [-0.05, 0) is 25.2 Å². The molecule has 7 heteroatoms. The highest BCUT2D eigenvalue weighted by molar-refractivity contribution is 9.10. The van der Waals surface area contributed by atoms with E-state index in [-0.39, 0.29) is 12.0 Å². The molecule has 2 rings (SSSR count). The second-order valence-electron chi connectivity index (χ2n) is 5.07. The Morgan fingerprint density at radius 3 is 3.10 bits per heavy atom. The average molecular weight is 377 g/mol. The number of rotatable bonds is 5. The first-order valence-corrected chi connectivity index (χ1v) is 7.97. The summed E-state index contributed by atoms with van der Waals surface area (Å²) in [5, 5.41) is 6.60. The Labute approximate surface area is 138 Å². The van der Waals surface area contributed by atoms with E-state index >= 15 is 0 Å². The molecule has 1 unspecified atom stereocenters. The largest absolute Gasteiger partial charge is 0.374 e. The van der Waals surface area contributed by atoms with Gasteiger partial charge < -0.3 is 15.4 Å². The molecule has 1 saturated heterocycles. The highest BCUT2D eigenvalue weighted by Crippen LogP contribution is 2.25. The number of nitrogens with one attached hydrogen (secondary N) is 2. The van der Waals surface area contributed by atoms with Crippen molar-refractivity contribution in [2.45, 2.75) is 6.10 Å². The minimum Gasteiger partial charge on any atom is -0.374 e. The predicted octanol–water partition coefficient (Wildman–Crippen LogP) is 1.96. The molecule has 1 atom stereocenters. The van der Waals surface area contributed by atoms with E-state index in [9.17, 15) is 4.79 Å². The highest BCUT2D eigenvalue weighted by Gasteiger charge is 2.17. The van der Waals surface area contributed by atoms with Gasteiger partial charge in [-0.15, -0.1) is 0 Å². The minimum atomic E-state index is -0.0921. The first kappa shape index (κ1) is 16.7. The van der Waals surface area contributed by atoms with Crippen LogP contribution in [0.3, 0.4) is 0 Å². The lowest BCUT2D eigenvalue weighted by molar-refractivity contribution is -0.117. The molecule has 1 heterocycles. The molecule has 2 N–H and O–H groups in total. The third-order valence-electron chi connectivity index (χ3n) is 3.14. The van der Waals surface area contributed by atoms with Crippen LogP contribution in [0.5, 0.6) is 0 Å². The van der Waals surface area contributed by atoms with Gasteiger partial charge in [-0.3, -0.25) is 9.69 Å². The van der Waals surface area contributed by atoms with Crippen LogP contribution in [0.1, 0.15) is 0 Å². The molecule has 0 aromatic heterocycles. The van der Waals surface area contributed by atoms with Crippen molar-refractivity contribution in [1.29, 1.82) is 0 Å². The molecule has 0 radical (unpaired) electrons. The van der Waals surface area contributed by atoms with Gasteiger partial charge in [-0.2, -0.15) is 0 Å². The number of carbonyl (C=O) groups excluding carboxylic acids is 1. The highest BCUT2D eigenvalue weighted by atomic mass is 79.9. The second kappa shape index (κ2) is 8.10. The lowest BCUT2D eigenvalue weighted by Gasteiger charge is -2.27. The van der Waals surface area contributed by atoms with Gasteiger partial charge in [0.1, 0.15) is 0 Å². The zero-order valence-electron chi connectivity index (χ0n) is 11.9. The van der Waals surface area contributed by atoms with Crippen LogP contribution in [-0.4, -0.2) is 56.7 Å². The Bertz CT molecular complexity index is 495. The van der Waals surface area contributed by atoms with Crippen molar-refractivity contribution in [3.05, 3.63) is 27.7 Å². The van der Waals surface area contributed by atoms with Crippen LogP contribution in [0.15, 0.2) is 22.7 Å². The predicted molar refractivity (Wildman–Crippen MR) is 87.9 cm³/mol. The van der Waals surface area contributed by atoms with Crippen LogP contribution < -0.4 is 10.6 Å². The number of carbonyl (C=O) groups is 1. The van der Waals surface area contributed by atoms with Gasteiger partial charge in [0.25, 0.3) is 0 Å². The molecule has 1 amide bonds. The fraction of sp³-hybridized carbons (Fsp3) is 0.500. The standard InChI is InChI=1S/C14H19BrClN3O2/c1-19(8-11-7-17-4-5-21-11)9-14(20)18-13-3-2-10(15)6-12(13)16/h2-3,6,11,17H,4-5,7-9H2,1H3,(H,18,20). The lowest BCUT2D eigenvalue weighted by atomic mass is 10.3. The van der Waals surface area contributed by atoms with Gasteiger partial charge in [0.05, 0.1) is 30.0 Å². The van der Waals surface area contributed by atoms with E-state index in [0.29, 0.717) is 23.8 Å². The fourth-order valence-electron chi connectivity index (χ4n) is 2.17. The van der Waals surface area contributed by atoms with Gasteiger partial charge in [0.2, 0.25) is 5.91 Å². The van der Waals surface area contributed by atoms with Crippen molar-refractivity contribution in [2.75, 3.05) is 45.2 Å². The van der Waals surface area contributed by atoms with Crippen LogP contribution in [0.4, 0.5) is 5.69 Å². The van der Waals surface area contributed by atoms with Gasteiger partial charge in [0, 0.05) is 24.1 Å². The zero-order chi connectivity index (χ0) is 15.2. The quantitative estimate of drug-likeness (QED) is 0.825. The molecule has 5 nitrogen and oxygen atoms in total. The number of amides is 1. The molecular formula is C14H19BrClN3O2. The van der Waals surface area contributed by atoms with Crippen LogP contribution in [0, 0.1) is 0 Å².